The predicted octanol–water partition coefficient (Wildman–Crippen LogP) is 2.96. The molecule has 0 aliphatic heterocycles. The maximum Gasteiger partial charge on any atom is 0.255 e. The molecule has 1 fully saturated rings. The molecule has 0 bridgehead atoms. The second-order valence-electron chi connectivity index (χ2n) is 6.19. The number of carbonyl (C=O) groups excluding carboxylic acids is 2. The van der Waals surface area contributed by atoms with Crippen molar-refractivity contribution < 1.29 is 18.4 Å². The van der Waals surface area contributed by atoms with E-state index in [1.54, 1.807) is 19.3 Å². The monoisotopic (exact) mass is 330 g/mol. The van der Waals surface area contributed by atoms with Gasteiger partial charge in [-0.3, -0.25) is 9.59 Å². The molecular weight excluding hydrogens is 308 g/mol. The summed E-state index contributed by atoms with van der Waals surface area (Å²) in [7, 11) is 0. The first kappa shape index (κ1) is 16.4. The fourth-order valence-electron chi connectivity index (χ4n) is 3.16. The van der Waals surface area contributed by atoms with E-state index >= 15 is 0 Å². The van der Waals surface area contributed by atoms with Crippen molar-refractivity contribution in [3.05, 3.63) is 48.3 Å². The lowest BCUT2D eigenvalue weighted by molar-refractivity contribution is -0.136. The van der Waals surface area contributed by atoms with Crippen molar-refractivity contribution in [3.8, 4) is 0 Å². The smallest absolute Gasteiger partial charge is 0.255 e. The van der Waals surface area contributed by atoms with E-state index in [1.165, 1.54) is 12.5 Å². The number of furan rings is 2. The molecule has 0 aromatic carbocycles. The molecule has 0 radical (unpaired) electrons. The van der Waals surface area contributed by atoms with Crippen LogP contribution in [-0.4, -0.2) is 28.8 Å². The lowest BCUT2D eigenvalue weighted by atomic mass is 10.1. The SMILES string of the molecule is CC(NC(=O)c1ccoc1)C(=O)N(Cc1ccco1)C1CCCC1. The fourth-order valence-corrected chi connectivity index (χ4v) is 3.16. The first-order valence-corrected chi connectivity index (χ1v) is 8.31. The molecule has 1 atom stereocenters. The summed E-state index contributed by atoms with van der Waals surface area (Å²) in [5, 5.41) is 2.74. The number of hydrogen-bond acceptors (Lipinski definition) is 4. The van der Waals surface area contributed by atoms with Gasteiger partial charge in [0.05, 0.1) is 24.6 Å². The van der Waals surface area contributed by atoms with E-state index in [9.17, 15) is 9.59 Å². The van der Waals surface area contributed by atoms with Gasteiger partial charge in [0, 0.05) is 6.04 Å². The quantitative estimate of drug-likeness (QED) is 0.883. The van der Waals surface area contributed by atoms with Gasteiger partial charge in [-0.1, -0.05) is 12.8 Å². The van der Waals surface area contributed by atoms with Crippen molar-refractivity contribution in [2.45, 2.75) is 51.2 Å². The first-order chi connectivity index (χ1) is 11.6. The topological polar surface area (TPSA) is 75.7 Å². The van der Waals surface area contributed by atoms with Gasteiger partial charge in [0.1, 0.15) is 18.1 Å². The molecular formula is C18H22N2O4. The summed E-state index contributed by atoms with van der Waals surface area (Å²) in [5.41, 5.74) is 0.410. The predicted molar refractivity (Wildman–Crippen MR) is 87.2 cm³/mol. The van der Waals surface area contributed by atoms with Crippen LogP contribution in [0, 0.1) is 0 Å². The summed E-state index contributed by atoms with van der Waals surface area (Å²) >= 11 is 0. The Balaban J connectivity index is 1.68. The zero-order valence-electron chi connectivity index (χ0n) is 13.7. The van der Waals surface area contributed by atoms with Gasteiger partial charge in [-0.15, -0.1) is 0 Å². The average Bonchev–Trinajstić information content (AvgIpc) is 3.35. The van der Waals surface area contributed by atoms with Gasteiger partial charge in [-0.05, 0) is 38.0 Å². The van der Waals surface area contributed by atoms with Crippen LogP contribution in [0.2, 0.25) is 0 Å². The molecule has 0 saturated heterocycles. The van der Waals surface area contributed by atoms with Gasteiger partial charge in [0.25, 0.3) is 5.91 Å². The van der Waals surface area contributed by atoms with E-state index < -0.39 is 6.04 Å². The van der Waals surface area contributed by atoms with Gasteiger partial charge in [-0.25, -0.2) is 0 Å². The molecule has 128 valence electrons. The maximum atomic E-state index is 12.9. The fraction of sp³-hybridized carbons (Fsp3) is 0.444. The molecule has 1 N–H and O–H groups in total. The third kappa shape index (κ3) is 3.69. The normalized spacial score (nSPS) is 16.0. The third-order valence-electron chi connectivity index (χ3n) is 4.46. The molecule has 6 nitrogen and oxygen atoms in total. The number of hydrogen-bond donors (Lipinski definition) is 1. The summed E-state index contributed by atoms with van der Waals surface area (Å²) in [6.45, 7) is 2.15. The molecule has 1 aliphatic carbocycles. The number of rotatable bonds is 6. The molecule has 2 aromatic rings. The van der Waals surface area contributed by atoms with E-state index in [2.05, 4.69) is 5.32 Å². The summed E-state index contributed by atoms with van der Waals surface area (Å²) in [4.78, 5) is 26.9. The van der Waals surface area contributed by atoms with Crippen LogP contribution < -0.4 is 5.32 Å². The second-order valence-corrected chi connectivity index (χ2v) is 6.19. The van der Waals surface area contributed by atoms with Crippen molar-refractivity contribution in [3.63, 3.8) is 0 Å². The third-order valence-corrected chi connectivity index (χ3v) is 4.46. The Morgan fingerprint density at radius 1 is 1.29 bits per heavy atom. The van der Waals surface area contributed by atoms with Gasteiger partial charge in [0.15, 0.2) is 0 Å². The van der Waals surface area contributed by atoms with Gasteiger partial charge in [0.2, 0.25) is 5.91 Å². The van der Waals surface area contributed by atoms with Crippen LogP contribution in [0.4, 0.5) is 0 Å². The van der Waals surface area contributed by atoms with Crippen molar-refractivity contribution in [1.82, 2.24) is 10.2 Å². The van der Waals surface area contributed by atoms with Gasteiger partial charge >= 0.3 is 0 Å². The van der Waals surface area contributed by atoms with Crippen LogP contribution in [0.5, 0.6) is 0 Å². The molecule has 2 amide bonds. The number of amides is 2. The van der Waals surface area contributed by atoms with Gasteiger partial charge < -0.3 is 19.1 Å². The Hall–Kier alpha value is -2.50. The molecule has 3 rings (SSSR count). The highest BCUT2D eigenvalue weighted by molar-refractivity contribution is 5.97. The molecule has 6 heteroatoms. The molecule has 1 saturated carbocycles. The highest BCUT2D eigenvalue weighted by Gasteiger charge is 2.31. The Kier molecular flexibility index (Phi) is 5.03. The summed E-state index contributed by atoms with van der Waals surface area (Å²) < 4.78 is 10.3. The Morgan fingerprint density at radius 2 is 2.08 bits per heavy atom. The van der Waals surface area contributed by atoms with Gasteiger partial charge in [-0.2, -0.15) is 0 Å². The number of carbonyl (C=O) groups is 2. The lowest BCUT2D eigenvalue weighted by Crippen LogP contribution is -2.49. The van der Waals surface area contributed by atoms with E-state index in [-0.39, 0.29) is 17.9 Å². The van der Waals surface area contributed by atoms with Crippen molar-refractivity contribution in [2.24, 2.45) is 0 Å². The van der Waals surface area contributed by atoms with Crippen LogP contribution >= 0.6 is 0 Å². The van der Waals surface area contributed by atoms with E-state index in [0.29, 0.717) is 12.1 Å². The second kappa shape index (κ2) is 7.38. The van der Waals surface area contributed by atoms with Crippen molar-refractivity contribution in [1.29, 1.82) is 0 Å². The van der Waals surface area contributed by atoms with Crippen LogP contribution in [0.3, 0.4) is 0 Å². The zero-order chi connectivity index (χ0) is 16.9. The number of nitrogens with one attached hydrogen (secondary N) is 1. The van der Waals surface area contributed by atoms with Crippen LogP contribution in [0.25, 0.3) is 0 Å². The standard InChI is InChI=1S/C18H22N2O4/c1-13(19-17(21)14-8-10-23-12-14)18(22)20(15-5-2-3-6-15)11-16-7-4-9-24-16/h4,7-10,12-13,15H,2-3,5-6,11H2,1H3,(H,19,21). The Morgan fingerprint density at radius 3 is 2.71 bits per heavy atom. The minimum atomic E-state index is -0.608. The van der Waals surface area contributed by atoms with E-state index in [4.69, 9.17) is 8.83 Å². The molecule has 2 heterocycles. The first-order valence-electron chi connectivity index (χ1n) is 8.31. The largest absolute Gasteiger partial charge is 0.472 e. The molecule has 1 unspecified atom stereocenters. The van der Waals surface area contributed by atoms with Crippen LogP contribution in [0.15, 0.2) is 45.8 Å². The average molecular weight is 330 g/mol. The van der Waals surface area contributed by atoms with Crippen molar-refractivity contribution in [2.75, 3.05) is 0 Å². The Bertz CT molecular complexity index is 657. The van der Waals surface area contributed by atoms with Crippen LogP contribution in [-0.2, 0) is 11.3 Å². The maximum absolute atomic E-state index is 12.9. The Labute approximate surface area is 140 Å². The summed E-state index contributed by atoms with van der Waals surface area (Å²) in [6.07, 6.45) is 8.65. The minimum absolute atomic E-state index is 0.0878. The lowest BCUT2D eigenvalue weighted by Gasteiger charge is -2.31. The molecule has 2 aromatic heterocycles. The van der Waals surface area contributed by atoms with E-state index in [0.717, 1.165) is 31.4 Å². The summed E-state index contributed by atoms with van der Waals surface area (Å²) in [6, 6.07) is 4.85. The highest BCUT2D eigenvalue weighted by atomic mass is 16.3. The molecule has 24 heavy (non-hydrogen) atoms. The minimum Gasteiger partial charge on any atom is -0.472 e. The molecule has 1 aliphatic rings. The van der Waals surface area contributed by atoms with E-state index in [1.807, 2.05) is 17.0 Å². The van der Waals surface area contributed by atoms with Crippen molar-refractivity contribution >= 4 is 11.8 Å². The highest BCUT2D eigenvalue weighted by Crippen LogP contribution is 2.25. The summed E-state index contributed by atoms with van der Waals surface area (Å²) in [5.74, 6) is 0.354. The zero-order valence-corrected chi connectivity index (χ0v) is 13.7. The number of nitrogens with zero attached hydrogens (tertiary/aromatic N) is 1. The molecule has 0 spiro atoms. The van der Waals surface area contributed by atoms with Crippen LogP contribution in [0.1, 0.15) is 48.7 Å².